The molecule has 4 heteroatoms. The third kappa shape index (κ3) is 3.51. The van der Waals surface area contributed by atoms with Crippen LogP contribution in [-0.2, 0) is 0 Å². The number of likely N-dealkylation sites (tertiary alicyclic amines) is 1. The molecule has 2 rings (SSSR count). The fraction of sp³-hybridized carbons (Fsp3) is 0.562. The molecule has 1 fully saturated rings. The highest BCUT2D eigenvalue weighted by Crippen LogP contribution is 2.20. The highest BCUT2D eigenvalue weighted by Gasteiger charge is 2.24. The second-order valence-electron chi connectivity index (χ2n) is 5.55. The monoisotopic (exact) mass is 276 g/mol. The van der Waals surface area contributed by atoms with Gasteiger partial charge in [0, 0.05) is 24.7 Å². The van der Waals surface area contributed by atoms with Gasteiger partial charge in [0.1, 0.15) is 5.75 Å². The Balaban J connectivity index is 2.02. The summed E-state index contributed by atoms with van der Waals surface area (Å²) in [5, 5.41) is 13.2. The van der Waals surface area contributed by atoms with E-state index < -0.39 is 0 Å². The predicted octanol–water partition coefficient (Wildman–Crippen LogP) is 2.30. The van der Waals surface area contributed by atoms with Crippen molar-refractivity contribution in [3.63, 3.8) is 0 Å². The number of piperidine rings is 1. The minimum Gasteiger partial charge on any atom is -0.508 e. The predicted molar refractivity (Wildman–Crippen MR) is 80.1 cm³/mol. The normalized spacial score (nSPS) is 19.1. The molecule has 2 N–H and O–H groups in total. The molecule has 1 saturated heterocycles. The summed E-state index contributed by atoms with van der Waals surface area (Å²) in [7, 11) is 0. The minimum atomic E-state index is 0.0169. The van der Waals surface area contributed by atoms with E-state index in [1.165, 1.54) is 0 Å². The van der Waals surface area contributed by atoms with E-state index in [9.17, 15) is 9.90 Å². The van der Waals surface area contributed by atoms with Gasteiger partial charge in [-0.3, -0.25) is 4.79 Å². The van der Waals surface area contributed by atoms with E-state index in [1.807, 2.05) is 11.8 Å². The molecule has 0 aliphatic carbocycles. The number of aromatic hydroxyl groups is 1. The maximum atomic E-state index is 12.5. The van der Waals surface area contributed by atoms with Crippen LogP contribution in [0.5, 0.6) is 5.75 Å². The summed E-state index contributed by atoms with van der Waals surface area (Å²) in [5.74, 6) is 0.205. The van der Waals surface area contributed by atoms with E-state index in [0.29, 0.717) is 11.6 Å². The van der Waals surface area contributed by atoms with E-state index in [-0.39, 0.29) is 11.7 Å². The van der Waals surface area contributed by atoms with Gasteiger partial charge in [0.2, 0.25) is 0 Å². The van der Waals surface area contributed by atoms with Crippen LogP contribution in [0.2, 0.25) is 0 Å². The van der Waals surface area contributed by atoms with E-state index in [0.717, 1.165) is 44.5 Å². The molecular formula is C16H24N2O2. The maximum absolute atomic E-state index is 12.5. The van der Waals surface area contributed by atoms with Gasteiger partial charge >= 0.3 is 0 Å². The number of phenolic OH excluding ortho intramolecular Hbond substituents is 1. The molecule has 0 saturated carbocycles. The Kier molecular flexibility index (Phi) is 5.01. The summed E-state index contributed by atoms with van der Waals surface area (Å²) in [6, 6.07) is 5.55. The van der Waals surface area contributed by atoms with Gasteiger partial charge < -0.3 is 15.3 Å². The number of hydrogen-bond acceptors (Lipinski definition) is 3. The SMILES string of the molecule is CCCNC1CCCN(C(=O)c2ccc(C)c(O)c2)C1. The average molecular weight is 276 g/mol. The Morgan fingerprint density at radius 3 is 3.00 bits per heavy atom. The van der Waals surface area contributed by atoms with Gasteiger partial charge in [-0.05, 0) is 50.4 Å². The summed E-state index contributed by atoms with van der Waals surface area (Å²) < 4.78 is 0. The molecule has 0 bridgehead atoms. The standard InChI is InChI=1S/C16H24N2O2/c1-3-8-17-14-5-4-9-18(11-14)16(20)13-7-6-12(2)15(19)10-13/h6-7,10,14,17,19H,3-5,8-9,11H2,1-2H3. The van der Waals surface area contributed by atoms with Crippen LogP contribution in [0.3, 0.4) is 0 Å². The van der Waals surface area contributed by atoms with Crippen molar-refractivity contribution in [3.8, 4) is 5.75 Å². The zero-order chi connectivity index (χ0) is 14.5. The fourth-order valence-corrected chi connectivity index (χ4v) is 2.60. The van der Waals surface area contributed by atoms with Crippen molar-refractivity contribution >= 4 is 5.91 Å². The van der Waals surface area contributed by atoms with Crippen LogP contribution in [0.15, 0.2) is 18.2 Å². The van der Waals surface area contributed by atoms with Gasteiger partial charge in [-0.15, -0.1) is 0 Å². The van der Waals surface area contributed by atoms with Crippen LogP contribution < -0.4 is 5.32 Å². The smallest absolute Gasteiger partial charge is 0.254 e. The van der Waals surface area contributed by atoms with Gasteiger partial charge in [0.05, 0.1) is 0 Å². The van der Waals surface area contributed by atoms with Gasteiger partial charge in [0.15, 0.2) is 0 Å². The first-order valence-corrected chi connectivity index (χ1v) is 7.44. The van der Waals surface area contributed by atoms with E-state index in [1.54, 1.807) is 18.2 Å². The second kappa shape index (κ2) is 6.75. The van der Waals surface area contributed by atoms with Crippen molar-refractivity contribution < 1.29 is 9.90 Å². The number of carbonyl (C=O) groups is 1. The lowest BCUT2D eigenvalue weighted by molar-refractivity contribution is 0.0694. The first kappa shape index (κ1) is 14.9. The molecule has 1 unspecified atom stereocenters. The molecule has 0 aromatic heterocycles. The van der Waals surface area contributed by atoms with Crippen molar-refractivity contribution in [2.24, 2.45) is 0 Å². The van der Waals surface area contributed by atoms with Crippen molar-refractivity contribution in [1.82, 2.24) is 10.2 Å². The Morgan fingerprint density at radius 1 is 1.50 bits per heavy atom. The molecular weight excluding hydrogens is 252 g/mol. The number of rotatable bonds is 4. The fourth-order valence-electron chi connectivity index (χ4n) is 2.60. The molecule has 1 atom stereocenters. The molecule has 1 aliphatic rings. The highest BCUT2D eigenvalue weighted by atomic mass is 16.3. The summed E-state index contributed by atoms with van der Waals surface area (Å²) in [6.07, 6.45) is 3.27. The van der Waals surface area contributed by atoms with Crippen LogP contribution >= 0.6 is 0 Å². The Morgan fingerprint density at radius 2 is 2.30 bits per heavy atom. The second-order valence-corrected chi connectivity index (χ2v) is 5.55. The molecule has 110 valence electrons. The van der Waals surface area contributed by atoms with Gasteiger partial charge in [-0.1, -0.05) is 13.0 Å². The average Bonchev–Trinajstić information content (AvgIpc) is 2.47. The van der Waals surface area contributed by atoms with Crippen LogP contribution in [0.1, 0.15) is 42.1 Å². The molecule has 4 nitrogen and oxygen atoms in total. The summed E-state index contributed by atoms with van der Waals surface area (Å²) in [4.78, 5) is 14.4. The molecule has 1 aliphatic heterocycles. The number of phenols is 1. The largest absolute Gasteiger partial charge is 0.508 e. The number of amides is 1. The third-order valence-corrected chi connectivity index (χ3v) is 3.85. The van der Waals surface area contributed by atoms with Crippen LogP contribution in [-0.4, -0.2) is 41.6 Å². The number of nitrogens with one attached hydrogen (secondary N) is 1. The number of hydrogen-bond donors (Lipinski definition) is 2. The van der Waals surface area contributed by atoms with Crippen molar-refractivity contribution in [3.05, 3.63) is 29.3 Å². The van der Waals surface area contributed by atoms with Crippen LogP contribution in [0, 0.1) is 6.92 Å². The Hall–Kier alpha value is -1.55. The zero-order valence-corrected chi connectivity index (χ0v) is 12.4. The molecule has 1 aromatic rings. The van der Waals surface area contributed by atoms with Crippen LogP contribution in [0.25, 0.3) is 0 Å². The zero-order valence-electron chi connectivity index (χ0n) is 12.4. The summed E-state index contributed by atoms with van der Waals surface area (Å²) in [5.41, 5.74) is 1.37. The number of carbonyl (C=O) groups excluding carboxylic acids is 1. The molecule has 1 heterocycles. The van der Waals surface area contributed by atoms with Crippen molar-refractivity contribution in [2.45, 2.75) is 39.2 Å². The topological polar surface area (TPSA) is 52.6 Å². The molecule has 0 spiro atoms. The lowest BCUT2D eigenvalue weighted by Gasteiger charge is -2.33. The Labute approximate surface area is 120 Å². The van der Waals surface area contributed by atoms with Crippen molar-refractivity contribution in [1.29, 1.82) is 0 Å². The summed E-state index contributed by atoms with van der Waals surface area (Å²) in [6.45, 7) is 6.53. The quantitative estimate of drug-likeness (QED) is 0.887. The molecule has 0 radical (unpaired) electrons. The van der Waals surface area contributed by atoms with Gasteiger partial charge in [-0.25, -0.2) is 0 Å². The third-order valence-electron chi connectivity index (χ3n) is 3.85. The van der Waals surface area contributed by atoms with Gasteiger partial charge in [0.25, 0.3) is 5.91 Å². The van der Waals surface area contributed by atoms with Crippen LogP contribution in [0.4, 0.5) is 0 Å². The molecule has 20 heavy (non-hydrogen) atoms. The van der Waals surface area contributed by atoms with E-state index in [2.05, 4.69) is 12.2 Å². The van der Waals surface area contributed by atoms with Crippen molar-refractivity contribution in [2.75, 3.05) is 19.6 Å². The maximum Gasteiger partial charge on any atom is 0.254 e. The van der Waals surface area contributed by atoms with E-state index in [4.69, 9.17) is 0 Å². The first-order valence-electron chi connectivity index (χ1n) is 7.44. The Bertz CT molecular complexity index is 474. The first-order chi connectivity index (χ1) is 9.61. The highest BCUT2D eigenvalue weighted by molar-refractivity contribution is 5.94. The number of aryl methyl sites for hydroxylation is 1. The number of benzene rings is 1. The molecule has 1 amide bonds. The minimum absolute atomic E-state index is 0.0169. The van der Waals surface area contributed by atoms with E-state index >= 15 is 0 Å². The van der Waals surface area contributed by atoms with Gasteiger partial charge in [-0.2, -0.15) is 0 Å². The summed E-state index contributed by atoms with van der Waals surface area (Å²) >= 11 is 0. The number of nitrogens with zero attached hydrogens (tertiary/aromatic N) is 1. The lowest BCUT2D eigenvalue weighted by Crippen LogP contribution is -2.48. The lowest BCUT2D eigenvalue weighted by atomic mass is 10.0. The molecule has 1 aromatic carbocycles.